The molecule has 1 aromatic carbocycles. The average molecular weight is 327 g/mol. The molecular weight excluding hydrogens is 315 g/mol. The molecule has 0 radical (unpaired) electrons. The minimum Gasteiger partial charge on any atom is -0.467 e. The lowest BCUT2D eigenvalue weighted by atomic mass is 10.2. The van der Waals surface area contributed by atoms with E-state index in [0.29, 0.717) is 0 Å². The first-order valence-corrected chi connectivity index (χ1v) is 6.61. The van der Waals surface area contributed by atoms with Gasteiger partial charge in [0.1, 0.15) is 17.7 Å². The lowest BCUT2D eigenvalue weighted by Gasteiger charge is -2.10. The lowest BCUT2D eigenvalue weighted by Crippen LogP contribution is -2.37. The molecule has 1 aromatic heterocycles. The number of amides is 2. The Bertz CT molecular complexity index is 675. The number of rotatable bonds is 4. The number of furan rings is 1. The molecule has 0 bridgehead atoms. The van der Waals surface area contributed by atoms with Crippen molar-refractivity contribution in [1.29, 1.82) is 0 Å². The quantitative estimate of drug-likeness (QED) is 0.748. The molecule has 0 saturated carbocycles. The Morgan fingerprint density at radius 1 is 1.32 bits per heavy atom. The van der Waals surface area contributed by atoms with E-state index in [-0.39, 0.29) is 23.0 Å². The molecule has 2 rings (SSSR count). The van der Waals surface area contributed by atoms with Gasteiger partial charge in [-0.05, 0) is 30.3 Å². The van der Waals surface area contributed by atoms with E-state index in [0.717, 1.165) is 6.07 Å². The van der Waals surface area contributed by atoms with Crippen LogP contribution in [0.2, 0.25) is 5.02 Å². The molecule has 0 saturated heterocycles. The molecule has 1 heterocycles. The summed E-state index contributed by atoms with van der Waals surface area (Å²) in [4.78, 5) is 23.2. The summed E-state index contributed by atoms with van der Waals surface area (Å²) >= 11 is 5.58. The van der Waals surface area contributed by atoms with Gasteiger partial charge < -0.3 is 20.2 Å². The van der Waals surface area contributed by atoms with E-state index in [1.54, 1.807) is 6.07 Å². The third kappa shape index (κ3) is 4.06. The fourth-order valence-electron chi connectivity index (χ4n) is 1.62. The Morgan fingerprint density at radius 2 is 2.09 bits per heavy atom. The summed E-state index contributed by atoms with van der Waals surface area (Å²) < 4.78 is 18.4. The van der Waals surface area contributed by atoms with Crippen LogP contribution in [0, 0.1) is 5.82 Å². The maximum absolute atomic E-state index is 13.5. The van der Waals surface area contributed by atoms with Crippen LogP contribution in [-0.4, -0.2) is 23.5 Å². The van der Waals surface area contributed by atoms with Gasteiger partial charge in [-0.25, -0.2) is 4.39 Å². The van der Waals surface area contributed by atoms with Gasteiger partial charge in [-0.3, -0.25) is 9.59 Å². The zero-order valence-electron chi connectivity index (χ0n) is 11.2. The zero-order chi connectivity index (χ0) is 16.1. The van der Waals surface area contributed by atoms with E-state index in [4.69, 9.17) is 16.0 Å². The van der Waals surface area contributed by atoms with Crippen LogP contribution in [-0.2, 0) is 9.59 Å². The highest BCUT2D eigenvalue weighted by molar-refractivity contribution is 6.39. The van der Waals surface area contributed by atoms with Gasteiger partial charge in [0.2, 0.25) is 0 Å². The number of carbonyl (C=O) groups excluding carboxylic acids is 2. The predicted octanol–water partition coefficient (Wildman–Crippen LogP) is 1.86. The van der Waals surface area contributed by atoms with Gasteiger partial charge in [-0.2, -0.15) is 0 Å². The SMILES string of the molecule is O=C(NCC(O)c1ccco1)C(=O)Nc1ccc(Cl)cc1F. The van der Waals surface area contributed by atoms with Crippen molar-refractivity contribution in [2.45, 2.75) is 6.10 Å². The Balaban J connectivity index is 1.88. The van der Waals surface area contributed by atoms with Gasteiger partial charge in [0.05, 0.1) is 18.5 Å². The van der Waals surface area contributed by atoms with E-state index in [2.05, 4.69) is 10.6 Å². The summed E-state index contributed by atoms with van der Waals surface area (Å²) in [6.45, 7) is -0.219. The maximum atomic E-state index is 13.5. The summed E-state index contributed by atoms with van der Waals surface area (Å²) in [5, 5.41) is 14.2. The van der Waals surface area contributed by atoms with Crippen molar-refractivity contribution in [2.24, 2.45) is 0 Å². The summed E-state index contributed by atoms with van der Waals surface area (Å²) in [6.07, 6.45) is 0.287. The molecular formula is C14H12ClFN2O4. The normalized spacial score (nSPS) is 11.8. The number of aliphatic hydroxyl groups excluding tert-OH is 1. The highest BCUT2D eigenvalue weighted by Gasteiger charge is 2.18. The molecule has 1 atom stereocenters. The van der Waals surface area contributed by atoms with Crippen molar-refractivity contribution in [3.05, 3.63) is 53.2 Å². The summed E-state index contributed by atoms with van der Waals surface area (Å²) in [5.41, 5.74) is -0.170. The Kier molecular flexibility index (Phi) is 5.13. The molecule has 6 nitrogen and oxygen atoms in total. The number of halogens is 2. The first-order chi connectivity index (χ1) is 10.5. The van der Waals surface area contributed by atoms with Crippen molar-refractivity contribution >= 4 is 29.1 Å². The third-order valence-corrected chi connectivity index (χ3v) is 2.95. The minimum atomic E-state index is -1.08. The van der Waals surface area contributed by atoms with Crippen molar-refractivity contribution < 1.29 is 23.5 Å². The van der Waals surface area contributed by atoms with Gasteiger partial charge in [0.15, 0.2) is 0 Å². The molecule has 8 heteroatoms. The Morgan fingerprint density at radius 3 is 2.73 bits per heavy atom. The van der Waals surface area contributed by atoms with E-state index >= 15 is 0 Å². The fraction of sp³-hybridized carbons (Fsp3) is 0.143. The van der Waals surface area contributed by atoms with Gasteiger partial charge in [-0.1, -0.05) is 11.6 Å². The van der Waals surface area contributed by atoms with Crippen molar-refractivity contribution in [3.8, 4) is 0 Å². The molecule has 3 N–H and O–H groups in total. The number of benzene rings is 1. The highest BCUT2D eigenvalue weighted by Crippen LogP contribution is 2.18. The van der Waals surface area contributed by atoms with Crippen LogP contribution in [0.25, 0.3) is 0 Å². The van der Waals surface area contributed by atoms with Gasteiger partial charge in [0, 0.05) is 5.02 Å². The first kappa shape index (κ1) is 16.0. The molecule has 0 aliphatic rings. The van der Waals surface area contributed by atoms with Crippen molar-refractivity contribution in [3.63, 3.8) is 0 Å². The number of hydrogen-bond donors (Lipinski definition) is 3. The largest absolute Gasteiger partial charge is 0.467 e. The van der Waals surface area contributed by atoms with E-state index in [9.17, 15) is 19.1 Å². The monoisotopic (exact) mass is 326 g/mol. The second kappa shape index (κ2) is 7.06. The Labute approximate surface area is 129 Å². The van der Waals surface area contributed by atoms with Crippen LogP contribution in [0.3, 0.4) is 0 Å². The number of aliphatic hydroxyl groups is 1. The standard InChI is InChI=1S/C14H12ClFN2O4/c15-8-3-4-10(9(16)6-8)18-14(21)13(20)17-7-11(19)12-2-1-5-22-12/h1-6,11,19H,7H2,(H,17,20)(H,18,21). The van der Waals surface area contributed by atoms with Gasteiger partial charge in [0.25, 0.3) is 0 Å². The van der Waals surface area contributed by atoms with Crippen LogP contribution in [0.15, 0.2) is 41.0 Å². The number of carbonyl (C=O) groups is 2. The molecule has 116 valence electrons. The second-order valence-electron chi connectivity index (χ2n) is 4.32. The fourth-order valence-corrected chi connectivity index (χ4v) is 1.78. The molecule has 0 spiro atoms. The minimum absolute atomic E-state index is 0.168. The topological polar surface area (TPSA) is 91.6 Å². The summed E-state index contributed by atoms with van der Waals surface area (Å²) in [5.74, 6) is -2.58. The third-order valence-electron chi connectivity index (χ3n) is 2.71. The maximum Gasteiger partial charge on any atom is 0.313 e. The van der Waals surface area contributed by atoms with Crippen LogP contribution in [0.4, 0.5) is 10.1 Å². The molecule has 2 aromatic rings. The molecule has 0 aliphatic carbocycles. The smallest absolute Gasteiger partial charge is 0.313 e. The molecule has 2 amide bonds. The van der Waals surface area contributed by atoms with Crippen LogP contribution >= 0.6 is 11.6 Å². The van der Waals surface area contributed by atoms with Gasteiger partial charge in [-0.15, -0.1) is 0 Å². The lowest BCUT2D eigenvalue weighted by molar-refractivity contribution is -0.136. The molecule has 22 heavy (non-hydrogen) atoms. The average Bonchev–Trinajstić information content (AvgIpc) is 3.01. The Hall–Kier alpha value is -2.38. The zero-order valence-corrected chi connectivity index (χ0v) is 11.9. The van der Waals surface area contributed by atoms with Gasteiger partial charge >= 0.3 is 11.8 Å². The molecule has 1 unspecified atom stereocenters. The van der Waals surface area contributed by atoms with Crippen molar-refractivity contribution in [2.75, 3.05) is 11.9 Å². The van der Waals surface area contributed by atoms with Crippen molar-refractivity contribution in [1.82, 2.24) is 5.32 Å². The molecule has 0 aliphatic heterocycles. The predicted molar refractivity (Wildman–Crippen MR) is 76.7 cm³/mol. The van der Waals surface area contributed by atoms with Crippen LogP contribution in [0.5, 0.6) is 0 Å². The highest BCUT2D eigenvalue weighted by atomic mass is 35.5. The van der Waals surface area contributed by atoms with Crippen LogP contribution < -0.4 is 10.6 Å². The second-order valence-corrected chi connectivity index (χ2v) is 4.76. The van der Waals surface area contributed by atoms with E-state index < -0.39 is 23.7 Å². The number of nitrogens with one attached hydrogen (secondary N) is 2. The summed E-state index contributed by atoms with van der Waals surface area (Å²) in [6, 6.07) is 6.73. The molecule has 0 fully saturated rings. The van der Waals surface area contributed by atoms with E-state index in [1.165, 1.54) is 24.5 Å². The number of hydrogen-bond acceptors (Lipinski definition) is 4. The number of anilines is 1. The van der Waals surface area contributed by atoms with E-state index in [1.807, 2.05) is 0 Å². The summed E-state index contributed by atoms with van der Waals surface area (Å²) in [7, 11) is 0. The first-order valence-electron chi connectivity index (χ1n) is 6.23. The van der Waals surface area contributed by atoms with Crippen LogP contribution in [0.1, 0.15) is 11.9 Å².